The van der Waals surface area contributed by atoms with E-state index in [1.165, 1.54) is 12.7 Å². The lowest BCUT2D eigenvalue weighted by Gasteiger charge is -2.09. The van der Waals surface area contributed by atoms with Crippen molar-refractivity contribution in [3.8, 4) is 44.8 Å². The fourth-order valence-electron chi connectivity index (χ4n) is 6.52. The molecule has 240 valence electrons. The number of benzene rings is 3. The zero-order chi connectivity index (χ0) is 33.6. The number of nitrogens with one attached hydrogen (secondary N) is 2. The number of para-hydroxylation sites is 1. The molecule has 0 saturated carbocycles. The molecule has 3 aromatic carbocycles. The lowest BCUT2D eigenvalue weighted by atomic mass is 10.0. The van der Waals surface area contributed by atoms with Gasteiger partial charge in [-0.25, -0.2) is 9.97 Å². The molecule has 0 radical (unpaired) electrons. The van der Waals surface area contributed by atoms with Crippen LogP contribution in [0.1, 0.15) is 5.56 Å². The van der Waals surface area contributed by atoms with Crippen LogP contribution in [0.3, 0.4) is 0 Å². The monoisotopic (exact) mass is 653 g/mol. The first-order valence-electron chi connectivity index (χ1n) is 16.0. The van der Waals surface area contributed by atoms with Gasteiger partial charge in [-0.1, -0.05) is 54.6 Å². The van der Waals surface area contributed by atoms with Crippen LogP contribution in [0.5, 0.6) is 0 Å². The van der Waals surface area contributed by atoms with E-state index in [4.69, 9.17) is 0 Å². The zero-order valence-electron chi connectivity index (χ0n) is 26.4. The van der Waals surface area contributed by atoms with E-state index in [-0.39, 0.29) is 11.1 Å². The molecule has 6 heterocycles. The van der Waals surface area contributed by atoms with E-state index in [0.29, 0.717) is 28.6 Å². The van der Waals surface area contributed by atoms with Crippen molar-refractivity contribution in [2.75, 3.05) is 0 Å². The molecular weight excluding hydrogens is 626 g/mol. The Morgan fingerprint density at radius 3 is 1.92 bits per heavy atom. The molecule has 50 heavy (non-hydrogen) atoms. The summed E-state index contributed by atoms with van der Waals surface area (Å²) in [7, 11) is 0. The molecule has 0 aliphatic heterocycles. The van der Waals surface area contributed by atoms with Crippen molar-refractivity contribution in [3.63, 3.8) is 0 Å². The molecular formula is C39H27N9O2. The number of aromatic amines is 2. The Labute approximate surface area is 283 Å². The molecule has 2 N–H and O–H groups in total. The van der Waals surface area contributed by atoms with Gasteiger partial charge in [0.25, 0.3) is 11.1 Å². The molecule has 0 unspecified atom stereocenters. The van der Waals surface area contributed by atoms with E-state index in [1.807, 2.05) is 93.1 Å². The summed E-state index contributed by atoms with van der Waals surface area (Å²) in [6, 6.07) is 30.2. The molecule has 0 saturated heterocycles. The minimum absolute atomic E-state index is 0.199. The molecule has 0 amide bonds. The van der Waals surface area contributed by atoms with E-state index in [0.717, 1.165) is 50.3 Å². The van der Waals surface area contributed by atoms with Crippen molar-refractivity contribution < 1.29 is 0 Å². The van der Waals surface area contributed by atoms with Gasteiger partial charge in [-0.15, -0.1) is 0 Å². The number of hydrogen-bond donors (Lipinski definition) is 2. The summed E-state index contributed by atoms with van der Waals surface area (Å²) in [6.07, 6.45) is 13.9. The zero-order valence-corrected chi connectivity index (χ0v) is 26.4. The second-order valence-corrected chi connectivity index (χ2v) is 11.9. The topological polar surface area (TPSA) is 132 Å². The van der Waals surface area contributed by atoms with Gasteiger partial charge >= 0.3 is 0 Å². The smallest absolute Gasteiger partial charge is 0.260 e. The molecule has 11 heteroatoms. The summed E-state index contributed by atoms with van der Waals surface area (Å²) < 4.78 is 5.74. The maximum Gasteiger partial charge on any atom is 0.260 e. The van der Waals surface area contributed by atoms with Crippen LogP contribution in [-0.2, 0) is 6.54 Å². The number of aromatic nitrogens is 9. The molecule has 0 fully saturated rings. The minimum Gasteiger partial charge on any atom is -0.312 e. The van der Waals surface area contributed by atoms with Crippen LogP contribution in [0.25, 0.3) is 66.8 Å². The van der Waals surface area contributed by atoms with Crippen molar-refractivity contribution in [1.82, 2.24) is 43.8 Å². The molecule has 0 atom stereocenters. The van der Waals surface area contributed by atoms with Gasteiger partial charge in [0.15, 0.2) is 11.3 Å². The summed E-state index contributed by atoms with van der Waals surface area (Å²) in [5.74, 6) is 0. The highest BCUT2D eigenvalue weighted by molar-refractivity contribution is 5.95. The quantitative estimate of drug-likeness (QED) is 0.205. The molecule has 0 bridgehead atoms. The van der Waals surface area contributed by atoms with Crippen molar-refractivity contribution >= 4 is 22.1 Å². The standard InChI is InChI=1S/C39H27N9O2/c49-38-34-32(28-8-5-15-40-17-28)21-48(36(34)41-23-43-38)31-13-11-26(12-14-31)27-7-4-6-25(16-27)19-46-20-29(18-45-46)33-22-47(30-9-2-1-3-10-30)37-35(33)39(50)44-24-42-37/h1-18,20-24H,19H2,(H,41,43,49)(H,42,44,50). The summed E-state index contributed by atoms with van der Waals surface area (Å²) in [6.45, 7) is 0.546. The summed E-state index contributed by atoms with van der Waals surface area (Å²) in [5.41, 5.74) is 8.97. The fourth-order valence-corrected chi connectivity index (χ4v) is 6.52. The molecule has 9 rings (SSSR count). The van der Waals surface area contributed by atoms with Gasteiger partial charge in [-0.2, -0.15) is 5.10 Å². The van der Waals surface area contributed by atoms with Gasteiger partial charge in [0.05, 0.1) is 36.2 Å². The van der Waals surface area contributed by atoms with E-state index in [9.17, 15) is 9.59 Å². The SMILES string of the molecule is O=c1[nH]cnc2c1c(-c1cccnc1)cn2-c1ccc(-c2cccc(Cn3cc(-c4cn(-c5ccccc5)c5nc[nH]c(=O)c45)cn3)c2)cc1. The maximum atomic E-state index is 13.0. The lowest BCUT2D eigenvalue weighted by Crippen LogP contribution is -2.07. The summed E-state index contributed by atoms with van der Waals surface area (Å²) in [4.78, 5) is 44.5. The Bertz CT molecular complexity index is 2770. The minimum atomic E-state index is -0.199. The average molecular weight is 654 g/mol. The summed E-state index contributed by atoms with van der Waals surface area (Å²) in [5, 5.41) is 5.68. The van der Waals surface area contributed by atoms with E-state index in [2.05, 4.69) is 60.4 Å². The number of rotatable bonds is 7. The third kappa shape index (κ3) is 5.01. The van der Waals surface area contributed by atoms with E-state index < -0.39 is 0 Å². The van der Waals surface area contributed by atoms with Crippen LogP contribution in [0.15, 0.2) is 150 Å². The number of pyridine rings is 1. The second kappa shape index (κ2) is 11.8. The normalized spacial score (nSPS) is 11.4. The highest BCUT2D eigenvalue weighted by atomic mass is 16.1. The van der Waals surface area contributed by atoms with E-state index >= 15 is 0 Å². The predicted molar refractivity (Wildman–Crippen MR) is 192 cm³/mol. The summed E-state index contributed by atoms with van der Waals surface area (Å²) >= 11 is 0. The van der Waals surface area contributed by atoms with Crippen molar-refractivity contribution in [2.45, 2.75) is 6.54 Å². The molecule has 9 aromatic rings. The highest BCUT2D eigenvalue weighted by Gasteiger charge is 2.18. The molecule has 11 nitrogen and oxygen atoms in total. The van der Waals surface area contributed by atoms with Crippen molar-refractivity contribution in [2.24, 2.45) is 0 Å². The van der Waals surface area contributed by atoms with Gasteiger partial charge in [0.2, 0.25) is 0 Å². The predicted octanol–water partition coefficient (Wildman–Crippen LogP) is 6.38. The van der Waals surface area contributed by atoms with Crippen LogP contribution in [0.4, 0.5) is 0 Å². The lowest BCUT2D eigenvalue weighted by molar-refractivity contribution is 0.687. The number of nitrogens with zero attached hydrogens (tertiary/aromatic N) is 7. The van der Waals surface area contributed by atoms with Crippen LogP contribution < -0.4 is 11.1 Å². The van der Waals surface area contributed by atoms with Gasteiger partial charge in [0, 0.05) is 64.6 Å². The Hall–Kier alpha value is -7.14. The maximum absolute atomic E-state index is 13.0. The largest absolute Gasteiger partial charge is 0.312 e. The molecule has 6 aromatic heterocycles. The Kier molecular flexibility index (Phi) is 6.87. The third-order valence-corrected chi connectivity index (χ3v) is 8.88. The Balaban J connectivity index is 1.00. The average Bonchev–Trinajstić information content (AvgIpc) is 3.90. The van der Waals surface area contributed by atoms with E-state index in [1.54, 1.807) is 18.6 Å². The van der Waals surface area contributed by atoms with Gasteiger partial charge < -0.3 is 19.1 Å². The molecule has 0 aliphatic rings. The van der Waals surface area contributed by atoms with Crippen molar-refractivity contribution in [1.29, 1.82) is 0 Å². The third-order valence-electron chi connectivity index (χ3n) is 8.88. The molecule has 0 spiro atoms. The number of fused-ring (bicyclic) bond motifs is 2. The number of H-pyrrole nitrogens is 2. The second-order valence-electron chi connectivity index (χ2n) is 11.9. The Morgan fingerprint density at radius 2 is 1.24 bits per heavy atom. The first kappa shape index (κ1) is 29.0. The van der Waals surface area contributed by atoms with Crippen LogP contribution in [-0.4, -0.2) is 43.8 Å². The number of hydrogen-bond acceptors (Lipinski definition) is 6. The van der Waals surface area contributed by atoms with Crippen LogP contribution in [0, 0.1) is 0 Å². The van der Waals surface area contributed by atoms with Gasteiger partial charge in [-0.3, -0.25) is 19.3 Å². The fraction of sp³-hybridized carbons (Fsp3) is 0.0256. The van der Waals surface area contributed by atoms with Gasteiger partial charge in [0.1, 0.15) is 0 Å². The van der Waals surface area contributed by atoms with Crippen LogP contribution >= 0.6 is 0 Å². The first-order valence-corrected chi connectivity index (χ1v) is 16.0. The van der Waals surface area contributed by atoms with Gasteiger partial charge in [-0.05, 0) is 53.1 Å². The highest BCUT2D eigenvalue weighted by Crippen LogP contribution is 2.31. The Morgan fingerprint density at radius 1 is 0.580 bits per heavy atom. The first-order chi connectivity index (χ1) is 24.6. The van der Waals surface area contributed by atoms with Crippen molar-refractivity contribution in [3.05, 3.63) is 167 Å². The molecule has 0 aliphatic carbocycles. The van der Waals surface area contributed by atoms with Crippen LogP contribution in [0.2, 0.25) is 0 Å².